The van der Waals surface area contributed by atoms with Gasteiger partial charge < -0.3 is 4.90 Å². The van der Waals surface area contributed by atoms with Gasteiger partial charge in [-0.2, -0.15) is 4.83 Å². The van der Waals surface area contributed by atoms with Gasteiger partial charge >= 0.3 is 0 Å². The fourth-order valence-corrected chi connectivity index (χ4v) is 4.19. The van der Waals surface area contributed by atoms with Crippen molar-refractivity contribution in [2.45, 2.75) is 6.42 Å². The molecule has 0 atom stereocenters. The second-order valence-corrected chi connectivity index (χ2v) is 7.62. The predicted octanol–water partition coefficient (Wildman–Crippen LogP) is 3.37. The first-order valence-corrected chi connectivity index (χ1v) is 10.0. The zero-order valence-electron chi connectivity index (χ0n) is 14.5. The quantitative estimate of drug-likeness (QED) is 0.626. The Kier molecular flexibility index (Phi) is 5.65. The number of hydrogen-bond acceptors (Lipinski definition) is 6. The lowest BCUT2D eigenvalue weighted by Gasteiger charge is -2.35. The van der Waals surface area contributed by atoms with Crippen LogP contribution in [0.15, 0.2) is 59.9 Å². The molecular weight excluding hydrogens is 366 g/mol. The van der Waals surface area contributed by atoms with Crippen molar-refractivity contribution >= 4 is 29.2 Å². The van der Waals surface area contributed by atoms with Gasteiger partial charge in [0.25, 0.3) is 0 Å². The van der Waals surface area contributed by atoms with Gasteiger partial charge in [-0.05, 0) is 30.0 Å². The molecule has 2 aliphatic heterocycles. The van der Waals surface area contributed by atoms with Gasteiger partial charge in [0.1, 0.15) is 10.2 Å². The van der Waals surface area contributed by atoms with Crippen LogP contribution >= 0.6 is 23.5 Å². The minimum atomic E-state index is 0.503. The summed E-state index contributed by atoms with van der Waals surface area (Å²) in [6.07, 6.45) is 4.98. The van der Waals surface area contributed by atoms with Crippen LogP contribution < -0.4 is 9.84 Å². The van der Waals surface area contributed by atoms with Crippen LogP contribution in [0.1, 0.15) is 5.56 Å². The van der Waals surface area contributed by atoms with Crippen molar-refractivity contribution in [3.05, 3.63) is 70.6 Å². The molecule has 1 fully saturated rings. The van der Waals surface area contributed by atoms with Crippen molar-refractivity contribution in [1.29, 1.82) is 0 Å². The molecule has 2 aliphatic rings. The van der Waals surface area contributed by atoms with E-state index in [0.29, 0.717) is 5.15 Å². The first-order valence-electron chi connectivity index (χ1n) is 8.84. The SMILES string of the molecule is Clc1cc(N2C=C(N3CCN(CCc4ccccc4)CC3)SN2)ccn1. The van der Waals surface area contributed by atoms with Crippen LogP contribution in [0.25, 0.3) is 0 Å². The molecule has 0 amide bonds. The molecule has 0 spiro atoms. The van der Waals surface area contributed by atoms with Crippen LogP contribution in [-0.4, -0.2) is 47.5 Å². The average Bonchev–Trinajstić information content (AvgIpc) is 3.18. The van der Waals surface area contributed by atoms with Gasteiger partial charge in [-0.25, -0.2) is 4.98 Å². The molecule has 136 valence electrons. The van der Waals surface area contributed by atoms with Gasteiger partial charge in [0, 0.05) is 45.0 Å². The summed E-state index contributed by atoms with van der Waals surface area (Å²) in [5.74, 6) is 0. The Balaban J connectivity index is 1.29. The summed E-state index contributed by atoms with van der Waals surface area (Å²) in [5, 5.41) is 3.75. The van der Waals surface area contributed by atoms with Crippen molar-refractivity contribution in [2.75, 3.05) is 37.7 Å². The zero-order valence-corrected chi connectivity index (χ0v) is 16.1. The maximum absolute atomic E-state index is 5.99. The van der Waals surface area contributed by atoms with Crippen molar-refractivity contribution in [3.8, 4) is 0 Å². The fourth-order valence-electron chi connectivity index (χ4n) is 3.20. The molecule has 1 aromatic carbocycles. The number of hydrogen-bond donors (Lipinski definition) is 1. The maximum Gasteiger partial charge on any atom is 0.131 e. The summed E-state index contributed by atoms with van der Waals surface area (Å²) < 4.78 is 0. The molecule has 1 N–H and O–H groups in total. The van der Waals surface area contributed by atoms with E-state index in [4.69, 9.17) is 11.6 Å². The molecule has 1 aromatic heterocycles. The third-order valence-corrected chi connectivity index (χ3v) is 5.79. The van der Waals surface area contributed by atoms with Crippen LogP contribution in [0.3, 0.4) is 0 Å². The molecule has 1 saturated heterocycles. The molecule has 5 nitrogen and oxygen atoms in total. The van der Waals surface area contributed by atoms with E-state index >= 15 is 0 Å². The predicted molar refractivity (Wildman–Crippen MR) is 109 cm³/mol. The first kappa shape index (κ1) is 17.7. The number of rotatable bonds is 5. The molecule has 0 bridgehead atoms. The summed E-state index contributed by atoms with van der Waals surface area (Å²) in [7, 11) is 0. The number of benzene rings is 1. The summed E-state index contributed by atoms with van der Waals surface area (Å²) in [5.41, 5.74) is 2.41. The van der Waals surface area contributed by atoms with E-state index in [1.165, 1.54) is 10.6 Å². The van der Waals surface area contributed by atoms with Crippen LogP contribution in [0.2, 0.25) is 5.15 Å². The molecule has 0 saturated carbocycles. The smallest absolute Gasteiger partial charge is 0.131 e. The standard InChI is InChI=1S/C19H22ClN5S/c20-18-14-17(6-8-21-18)25-15-19(26-22-25)24-12-10-23(11-13-24)9-7-16-4-2-1-3-5-16/h1-6,8,14-15,22H,7,9-13H2. The van der Waals surface area contributed by atoms with Crippen molar-refractivity contribution in [2.24, 2.45) is 0 Å². The number of hydrazine groups is 1. The van der Waals surface area contributed by atoms with Gasteiger partial charge in [-0.1, -0.05) is 41.9 Å². The Morgan fingerprint density at radius 2 is 1.88 bits per heavy atom. The Hall–Kier alpha value is -1.73. The molecular formula is C19H22ClN5S. The fraction of sp³-hybridized carbons (Fsp3) is 0.316. The molecule has 7 heteroatoms. The Morgan fingerprint density at radius 3 is 2.65 bits per heavy atom. The van der Waals surface area contributed by atoms with E-state index in [9.17, 15) is 0 Å². The molecule has 0 radical (unpaired) electrons. The molecule has 4 rings (SSSR count). The summed E-state index contributed by atoms with van der Waals surface area (Å²) in [6, 6.07) is 14.5. The summed E-state index contributed by atoms with van der Waals surface area (Å²) in [6.45, 7) is 5.45. The number of halogens is 1. The zero-order chi connectivity index (χ0) is 17.8. The monoisotopic (exact) mass is 387 g/mol. The minimum Gasteiger partial charge on any atom is -0.361 e. The highest BCUT2D eigenvalue weighted by Crippen LogP contribution is 2.29. The first-order chi connectivity index (χ1) is 12.8. The topological polar surface area (TPSA) is 34.6 Å². The molecule has 0 aliphatic carbocycles. The van der Waals surface area contributed by atoms with Crippen molar-refractivity contribution < 1.29 is 0 Å². The van der Waals surface area contributed by atoms with E-state index in [1.54, 1.807) is 18.1 Å². The van der Waals surface area contributed by atoms with E-state index < -0.39 is 0 Å². The average molecular weight is 388 g/mol. The lowest BCUT2D eigenvalue weighted by Crippen LogP contribution is -2.45. The summed E-state index contributed by atoms with van der Waals surface area (Å²) >= 11 is 7.64. The highest BCUT2D eigenvalue weighted by molar-refractivity contribution is 8.01. The third-order valence-electron chi connectivity index (χ3n) is 4.72. The van der Waals surface area contributed by atoms with Crippen LogP contribution in [0.5, 0.6) is 0 Å². The molecule has 26 heavy (non-hydrogen) atoms. The second kappa shape index (κ2) is 8.31. The molecule has 2 aromatic rings. The number of nitrogens with one attached hydrogen (secondary N) is 1. The molecule has 3 heterocycles. The second-order valence-electron chi connectivity index (χ2n) is 6.43. The van der Waals surface area contributed by atoms with Gasteiger partial charge in [0.05, 0.1) is 11.9 Å². The van der Waals surface area contributed by atoms with Gasteiger partial charge in [-0.3, -0.25) is 9.91 Å². The Bertz CT molecular complexity index is 762. The van der Waals surface area contributed by atoms with Gasteiger partial charge in [0.15, 0.2) is 0 Å². The normalized spacial score (nSPS) is 18.3. The van der Waals surface area contributed by atoms with Crippen LogP contribution in [-0.2, 0) is 6.42 Å². The van der Waals surface area contributed by atoms with Gasteiger partial charge in [-0.15, -0.1) is 0 Å². The van der Waals surface area contributed by atoms with E-state index in [1.807, 2.05) is 17.1 Å². The Morgan fingerprint density at radius 1 is 1.08 bits per heavy atom. The van der Waals surface area contributed by atoms with Crippen molar-refractivity contribution in [1.82, 2.24) is 19.6 Å². The lowest BCUT2D eigenvalue weighted by atomic mass is 10.1. The summed E-state index contributed by atoms with van der Waals surface area (Å²) in [4.78, 5) is 12.4. The van der Waals surface area contributed by atoms with Crippen molar-refractivity contribution in [3.63, 3.8) is 0 Å². The molecule has 0 unspecified atom stereocenters. The number of pyridine rings is 1. The highest BCUT2D eigenvalue weighted by atomic mass is 35.5. The lowest BCUT2D eigenvalue weighted by molar-refractivity contribution is 0.167. The maximum atomic E-state index is 5.99. The third kappa shape index (κ3) is 4.32. The Labute approximate surface area is 163 Å². The van der Waals surface area contributed by atoms with E-state index in [0.717, 1.165) is 44.8 Å². The van der Waals surface area contributed by atoms with E-state index in [-0.39, 0.29) is 0 Å². The van der Waals surface area contributed by atoms with E-state index in [2.05, 4.69) is 56.1 Å². The van der Waals surface area contributed by atoms with Crippen LogP contribution in [0, 0.1) is 0 Å². The largest absolute Gasteiger partial charge is 0.361 e. The highest BCUT2D eigenvalue weighted by Gasteiger charge is 2.23. The number of aromatic nitrogens is 1. The van der Waals surface area contributed by atoms with Crippen LogP contribution in [0.4, 0.5) is 5.69 Å². The minimum absolute atomic E-state index is 0.503. The number of piperazine rings is 1. The number of anilines is 1. The van der Waals surface area contributed by atoms with Gasteiger partial charge in [0.2, 0.25) is 0 Å². The number of nitrogens with zero attached hydrogens (tertiary/aromatic N) is 4.